The van der Waals surface area contributed by atoms with E-state index in [-0.39, 0.29) is 5.41 Å². The molecule has 4 nitrogen and oxygen atoms in total. The number of ketones is 1. The van der Waals surface area contributed by atoms with E-state index in [4.69, 9.17) is 4.74 Å². The summed E-state index contributed by atoms with van der Waals surface area (Å²) in [6.45, 7) is 2.00. The first-order chi connectivity index (χ1) is 26.0. The molecule has 0 radical (unpaired) electrons. The van der Waals surface area contributed by atoms with E-state index in [2.05, 4.69) is 75.1 Å². The lowest BCUT2D eigenvalue weighted by Gasteiger charge is -2.63. The molecule has 5 heteroatoms. The highest BCUT2D eigenvalue weighted by atomic mass is 79.9. The fourth-order valence-corrected chi connectivity index (χ4v) is 12.8. The number of fused-ring (bicyclic) bond motifs is 2. The molecule has 4 aromatic rings. The Balaban J connectivity index is 0.000000106. The zero-order valence-electron chi connectivity index (χ0n) is 31.0. The fraction of sp³-hybridized carbons (Fsp3) is 0.479. The molecule has 0 atom stereocenters. The normalized spacial score (nSPS) is 31.1. The quantitative estimate of drug-likeness (QED) is 0.213. The van der Waals surface area contributed by atoms with Crippen LogP contribution in [0.5, 0.6) is 0 Å². The number of anilines is 4. The average Bonchev–Trinajstić information content (AvgIpc) is 3.78. The minimum Gasteiger partial charge on any atom is -0.381 e. The van der Waals surface area contributed by atoms with Crippen LogP contribution in [0.2, 0.25) is 0 Å². The number of halogens is 1. The third-order valence-corrected chi connectivity index (χ3v) is 14.8. The van der Waals surface area contributed by atoms with Gasteiger partial charge in [-0.1, -0.05) is 66.7 Å². The maximum Gasteiger partial charge on any atom is 0.139 e. The number of carbonyl (C=O) groups is 1. The van der Waals surface area contributed by atoms with Crippen LogP contribution in [0.15, 0.2) is 108 Å². The Morgan fingerprint density at radius 2 is 1.04 bits per heavy atom. The number of ether oxygens (including phenoxy) is 1. The molecule has 8 bridgehead atoms. The summed E-state index contributed by atoms with van der Waals surface area (Å²) in [5.41, 5.74) is 8.36. The lowest BCUT2D eigenvalue weighted by Crippen LogP contribution is -2.57. The molecule has 2 heterocycles. The molecule has 1 spiro atoms. The lowest BCUT2D eigenvalue weighted by atomic mass is 9.41. The third-order valence-electron chi connectivity index (χ3n) is 14.1. The molecule has 0 amide bonds. The minimum atomic E-state index is 0.284. The lowest BCUT2D eigenvalue weighted by molar-refractivity contribution is -0.139. The monoisotopic (exact) mass is 770 g/mol. The molecule has 2 aliphatic heterocycles. The highest BCUT2D eigenvalue weighted by molar-refractivity contribution is 9.10. The summed E-state index contributed by atoms with van der Waals surface area (Å²) >= 11 is 3.49. The van der Waals surface area contributed by atoms with Crippen molar-refractivity contribution >= 4 is 44.5 Å². The molecule has 10 aliphatic rings. The van der Waals surface area contributed by atoms with Crippen molar-refractivity contribution < 1.29 is 9.53 Å². The van der Waals surface area contributed by atoms with Crippen molar-refractivity contribution in [3.63, 3.8) is 0 Å². The Bertz CT molecular complexity index is 1770. The van der Waals surface area contributed by atoms with Gasteiger partial charge in [-0.25, -0.2) is 0 Å². The molecule has 4 aromatic carbocycles. The minimum absolute atomic E-state index is 0.284. The van der Waals surface area contributed by atoms with Crippen LogP contribution in [-0.4, -0.2) is 19.0 Å². The number of hydrogen-bond donors (Lipinski definition) is 2. The van der Waals surface area contributed by atoms with Gasteiger partial charge in [-0.05, 0) is 176 Å². The maximum atomic E-state index is 11.6. The van der Waals surface area contributed by atoms with Crippen molar-refractivity contribution in [1.82, 2.24) is 0 Å². The van der Waals surface area contributed by atoms with Crippen LogP contribution in [0.1, 0.15) is 88.2 Å². The van der Waals surface area contributed by atoms with Gasteiger partial charge in [0, 0.05) is 52.0 Å². The van der Waals surface area contributed by atoms with Crippen LogP contribution in [0.3, 0.4) is 0 Å². The molecule has 8 aliphatic carbocycles. The topological polar surface area (TPSA) is 50.4 Å². The number of para-hydroxylation sites is 4. The first kappa shape index (κ1) is 35.3. The number of hydrogen-bond acceptors (Lipinski definition) is 4. The molecule has 0 aromatic heterocycles. The third kappa shape index (κ3) is 7.02. The summed E-state index contributed by atoms with van der Waals surface area (Å²) in [6, 6.07) is 36.5. The highest BCUT2D eigenvalue weighted by Gasteiger charge is 2.60. The van der Waals surface area contributed by atoms with Gasteiger partial charge in [-0.3, -0.25) is 4.79 Å². The van der Waals surface area contributed by atoms with E-state index in [1.165, 1.54) is 88.4 Å². The highest BCUT2D eigenvalue weighted by Crippen LogP contribution is 2.68. The number of benzene rings is 4. The Morgan fingerprint density at radius 1 is 0.566 bits per heavy atom. The largest absolute Gasteiger partial charge is 0.381 e. The summed E-state index contributed by atoms with van der Waals surface area (Å²) in [5.74, 6) is 7.24. The van der Waals surface area contributed by atoms with E-state index in [9.17, 15) is 4.79 Å². The van der Waals surface area contributed by atoms with Gasteiger partial charge < -0.3 is 15.4 Å². The zero-order chi connectivity index (χ0) is 35.8. The predicted molar refractivity (Wildman–Crippen MR) is 220 cm³/mol. The van der Waals surface area contributed by atoms with Crippen LogP contribution in [-0.2, 0) is 14.9 Å². The molecule has 0 unspecified atom stereocenters. The molecule has 53 heavy (non-hydrogen) atoms. The smallest absolute Gasteiger partial charge is 0.139 e. The molecular formula is C48H55BrN2O2. The van der Waals surface area contributed by atoms with Crippen LogP contribution in [0.4, 0.5) is 22.7 Å². The summed E-state index contributed by atoms with van der Waals surface area (Å²) < 4.78 is 6.02. The molecule has 8 saturated carbocycles. The standard InChI is InChI=1S/C22H23N.C12H10BrN.C10H14O.C4H8O/c1-3-7-20-18(5-1)22(19-6-2-4-8-21(19)23-20)16-10-14-9-15(12-16)13-17(22)11-14;13-11-8-4-5-9-12(11)14-10-6-2-1-3-7-10;11-10-8-2-6-1-7(4-8)5-9(10)3-6;1-2-4-5-3-1/h1-8,14-17,23H,9-13H2;1-9,14H;6-9H,1-5H2;1-4H2. The van der Waals surface area contributed by atoms with Gasteiger partial charge in [0.25, 0.3) is 0 Å². The van der Waals surface area contributed by atoms with E-state index >= 15 is 0 Å². The number of carbonyl (C=O) groups excluding carboxylic acids is 1. The molecule has 1 saturated heterocycles. The van der Waals surface area contributed by atoms with E-state index in [1.54, 1.807) is 11.1 Å². The molecular weight excluding hydrogens is 716 g/mol. The SMILES string of the molecule is Brc1ccccc1Nc1ccccc1.C1CCOC1.O=C1C2CC3CC(C2)CC1C3.c1ccc2c(c1)Nc1ccccc1C21C2CC3CC(C2)CC1C3. The van der Waals surface area contributed by atoms with E-state index in [0.29, 0.717) is 17.6 Å². The molecule has 276 valence electrons. The Kier molecular flexibility index (Phi) is 10.2. The van der Waals surface area contributed by atoms with Gasteiger partial charge in [0.1, 0.15) is 5.78 Å². The number of nitrogens with one attached hydrogen (secondary N) is 2. The van der Waals surface area contributed by atoms with Crippen LogP contribution < -0.4 is 10.6 Å². The molecule has 14 rings (SSSR count). The average molecular weight is 772 g/mol. The Labute approximate surface area is 325 Å². The summed E-state index contributed by atoms with van der Waals surface area (Å²) in [5, 5.41) is 7.05. The van der Waals surface area contributed by atoms with Crippen LogP contribution in [0.25, 0.3) is 0 Å². The Morgan fingerprint density at radius 3 is 1.55 bits per heavy atom. The number of Topliss-reactive ketones (excluding diaryl/α,β-unsaturated/α-hetero) is 1. The van der Waals surface area contributed by atoms with Gasteiger partial charge in [-0.2, -0.15) is 0 Å². The maximum absolute atomic E-state index is 11.6. The molecule has 2 N–H and O–H groups in total. The van der Waals surface area contributed by atoms with Gasteiger partial charge in [0.2, 0.25) is 0 Å². The summed E-state index contributed by atoms with van der Waals surface area (Å²) in [4.78, 5) is 11.6. The van der Waals surface area contributed by atoms with Gasteiger partial charge in [0.15, 0.2) is 0 Å². The second kappa shape index (κ2) is 15.4. The Hall–Kier alpha value is -3.41. The first-order valence-electron chi connectivity index (χ1n) is 20.7. The summed E-state index contributed by atoms with van der Waals surface area (Å²) in [7, 11) is 0. The zero-order valence-corrected chi connectivity index (χ0v) is 32.6. The van der Waals surface area contributed by atoms with Gasteiger partial charge >= 0.3 is 0 Å². The van der Waals surface area contributed by atoms with Crippen molar-refractivity contribution in [3.05, 3.63) is 119 Å². The van der Waals surface area contributed by atoms with Crippen molar-refractivity contribution in [2.45, 2.75) is 82.5 Å². The van der Waals surface area contributed by atoms with Crippen molar-refractivity contribution in [2.24, 2.45) is 47.3 Å². The van der Waals surface area contributed by atoms with Crippen molar-refractivity contribution in [1.29, 1.82) is 0 Å². The fourth-order valence-electron chi connectivity index (χ4n) is 12.4. The van der Waals surface area contributed by atoms with Crippen molar-refractivity contribution in [3.8, 4) is 0 Å². The van der Waals surface area contributed by atoms with Gasteiger partial charge in [-0.15, -0.1) is 0 Å². The van der Waals surface area contributed by atoms with Gasteiger partial charge in [0.05, 0.1) is 5.69 Å². The van der Waals surface area contributed by atoms with Crippen LogP contribution in [0, 0.1) is 47.3 Å². The second-order valence-electron chi connectivity index (χ2n) is 17.4. The van der Waals surface area contributed by atoms with Crippen molar-refractivity contribution in [2.75, 3.05) is 23.8 Å². The van der Waals surface area contributed by atoms with E-state index in [0.717, 1.165) is 64.6 Å². The number of rotatable bonds is 2. The van der Waals surface area contributed by atoms with Crippen LogP contribution >= 0.6 is 15.9 Å². The molecule has 9 fully saturated rings. The first-order valence-corrected chi connectivity index (χ1v) is 21.5. The summed E-state index contributed by atoms with van der Waals surface area (Å²) in [6.07, 6.45) is 16.3. The van der Waals surface area contributed by atoms with E-state index in [1.807, 2.05) is 54.6 Å². The van der Waals surface area contributed by atoms with E-state index < -0.39 is 0 Å². The second-order valence-corrected chi connectivity index (χ2v) is 18.2. The predicted octanol–water partition coefficient (Wildman–Crippen LogP) is 12.5.